The molecule has 0 rings (SSSR count). The van der Waals surface area contributed by atoms with Crippen molar-refractivity contribution in [2.45, 2.75) is 6.92 Å². The highest BCUT2D eigenvalue weighted by Crippen LogP contribution is 1.90. The molecule has 0 saturated carbocycles. The van der Waals surface area contributed by atoms with E-state index in [2.05, 4.69) is 6.92 Å². The molecule has 2 radical (unpaired) electrons. The second-order valence-corrected chi connectivity index (χ2v) is 1.55. The third-order valence-electron chi connectivity index (χ3n) is 0.551. The van der Waals surface area contributed by atoms with Crippen LogP contribution in [0.5, 0.6) is 0 Å². The van der Waals surface area contributed by atoms with Crippen LogP contribution in [0.4, 0.5) is 0 Å². The fraction of sp³-hybridized carbons (Fsp3) is 0.286. The molecule has 0 aromatic carbocycles. The molecule has 0 heteroatoms. The first-order chi connectivity index (χ1) is 3.27. The van der Waals surface area contributed by atoms with E-state index in [4.69, 9.17) is 6.58 Å². The van der Waals surface area contributed by atoms with Crippen LogP contribution in [0.25, 0.3) is 0 Å². The van der Waals surface area contributed by atoms with Gasteiger partial charge < -0.3 is 0 Å². The molecule has 0 bridgehead atoms. The van der Waals surface area contributed by atoms with Crippen molar-refractivity contribution in [1.29, 1.82) is 0 Å². The van der Waals surface area contributed by atoms with Gasteiger partial charge >= 0.3 is 0 Å². The molecule has 0 saturated heterocycles. The van der Waals surface area contributed by atoms with E-state index in [-0.39, 0.29) is 0 Å². The molecule has 0 nitrogen and oxygen atoms in total. The molecule has 0 spiro atoms. The third kappa shape index (κ3) is 5.48. The highest BCUT2D eigenvalue weighted by molar-refractivity contribution is 4.98. The average molecular weight is 94.2 g/mol. The maximum absolute atomic E-state index is 5.04. The average Bonchev–Trinajstić information content (AvgIpc) is 1.61. The van der Waals surface area contributed by atoms with Crippen LogP contribution in [-0.4, -0.2) is 0 Å². The largest absolute Gasteiger partial charge is 0.0817 e. The smallest absolute Gasteiger partial charge is 0.0259 e. The molecule has 1 unspecified atom stereocenters. The zero-order chi connectivity index (χ0) is 5.70. The Morgan fingerprint density at radius 3 is 2.43 bits per heavy atom. The molecule has 0 aromatic heterocycles. The molecule has 0 amide bonds. The zero-order valence-electron chi connectivity index (χ0n) is 4.59. The predicted octanol–water partition coefficient (Wildman–Crippen LogP) is 2.00. The Hall–Kier alpha value is -0.520. The summed E-state index contributed by atoms with van der Waals surface area (Å²) in [4.78, 5) is 0. The second kappa shape index (κ2) is 3.66. The van der Waals surface area contributed by atoms with Gasteiger partial charge in [-0.25, -0.2) is 0 Å². The van der Waals surface area contributed by atoms with Crippen LogP contribution in [0.3, 0.4) is 0 Å². The van der Waals surface area contributed by atoms with Crippen molar-refractivity contribution >= 4 is 0 Å². The van der Waals surface area contributed by atoms with Gasteiger partial charge in [-0.15, -0.1) is 0 Å². The summed E-state index contributed by atoms with van der Waals surface area (Å²) in [5, 5.41) is 0. The highest BCUT2D eigenvalue weighted by Gasteiger charge is 1.77. The van der Waals surface area contributed by atoms with Crippen LogP contribution in [0, 0.1) is 19.4 Å². The lowest BCUT2D eigenvalue weighted by Gasteiger charge is -1.87. The van der Waals surface area contributed by atoms with Gasteiger partial charge in [0.1, 0.15) is 0 Å². The Morgan fingerprint density at radius 2 is 2.29 bits per heavy atom. The number of hydrogen-bond donors (Lipinski definition) is 0. The maximum Gasteiger partial charge on any atom is -0.0259 e. The Balaban J connectivity index is 3.25. The van der Waals surface area contributed by atoms with Crippen LogP contribution < -0.4 is 0 Å². The van der Waals surface area contributed by atoms with Gasteiger partial charge in [0, 0.05) is 0 Å². The Labute approximate surface area is 45.5 Å². The fourth-order valence-corrected chi connectivity index (χ4v) is 0.254. The SMILES string of the molecule is [CH]=CC=CC([CH2])C. The zero-order valence-corrected chi connectivity index (χ0v) is 4.59. The standard InChI is InChI=1S/C7H10/c1-4-5-6-7(2)3/h1,4-7H,2H2,3H3. The van der Waals surface area contributed by atoms with Crippen molar-refractivity contribution < 1.29 is 0 Å². The minimum absolute atomic E-state index is 0.361. The van der Waals surface area contributed by atoms with Gasteiger partial charge in [-0.3, -0.25) is 0 Å². The summed E-state index contributed by atoms with van der Waals surface area (Å²) in [6.45, 7) is 10.8. The summed E-state index contributed by atoms with van der Waals surface area (Å²) >= 11 is 0. The topological polar surface area (TPSA) is 0 Å². The van der Waals surface area contributed by atoms with Crippen molar-refractivity contribution in [3.8, 4) is 0 Å². The number of hydrogen-bond acceptors (Lipinski definition) is 0. The summed E-state index contributed by atoms with van der Waals surface area (Å²) < 4.78 is 0. The van der Waals surface area contributed by atoms with Gasteiger partial charge in [-0.05, 0) is 12.8 Å². The molecular formula is C7H10. The quantitative estimate of drug-likeness (QED) is 0.459. The van der Waals surface area contributed by atoms with Crippen molar-refractivity contribution in [1.82, 2.24) is 0 Å². The van der Waals surface area contributed by atoms with E-state index in [0.717, 1.165) is 0 Å². The van der Waals surface area contributed by atoms with Gasteiger partial charge in [0.15, 0.2) is 0 Å². The summed E-state index contributed by atoms with van der Waals surface area (Å²) in [6.07, 6.45) is 5.22. The molecule has 0 heterocycles. The summed E-state index contributed by atoms with van der Waals surface area (Å²) in [5.74, 6) is 0.361. The third-order valence-corrected chi connectivity index (χ3v) is 0.551. The van der Waals surface area contributed by atoms with E-state index in [0.29, 0.717) is 5.92 Å². The lowest BCUT2D eigenvalue weighted by Crippen LogP contribution is -1.74. The van der Waals surface area contributed by atoms with Crippen LogP contribution in [0.1, 0.15) is 6.92 Å². The molecule has 7 heavy (non-hydrogen) atoms. The van der Waals surface area contributed by atoms with Crippen molar-refractivity contribution in [2.24, 2.45) is 5.92 Å². The predicted molar refractivity (Wildman–Crippen MR) is 32.5 cm³/mol. The monoisotopic (exact) mass is 94.1 g/mol. The van der Waals surface area contributed by atoms with Crippen LogP contribution in [-0.2, 0) is 0 Å². The minimum atomic E-state index is 0.361. The maximum atomic E-state index is 5.04. The van der Waals surface area contributed by atoms with Crippen molar-refractivity contribution in [2.75, 3.05) is 0 Å². The molecule has 1 atom stereocenters. The molecule has 0 aliphatic heterocycles. The fourth-order valence-electron chi connectivity index (χ4n) is 0.254. The minimum Gasteiger partial charge on any atom is -0.0817 e. The number of allylic oxidation sites excluding steroid dienone is 3. The van der Waals surface area contributed by atoms with E-state index < -0.39 is 0 Å². The van der Waals surface area contributed by atoms with Crippen LogP contribution in [0.15, 0.2) is 18.2 Å². The van der Waals surface area contributed by atoms with Gasteiger partial charge in [-0.1, -0.05) is 31.7 Å². The van der Waals surface area contributed by atoms with Crippen molar-refractivity contribution in [3.05, 3.63) is 31.7 Å². The molecule has 0 N–H and O–H groups in total. The summed E-state index contributed by atoms with van der Waals surface area (Å²) in [7, 11) is 0. The first-order valence-electron chi connectivity index (χ1n) is 2.32. The summed E-state index contributed by atoms with van der Waals surface area (Å²) in [5.41, 5.74) is 0. The molecule has 0 aliphatic rings. The van der Waals surface area contributed by atoms with E-state index in [1.54, 1.807) is 6.08 Å². The van der Waals surface area contributed by atoms with Gasteiger partial charge in [0.25, 0.3) is 0 Å². The molecule has 0 aliphatic carbocycles. The number of rotatable bonds is 2. The molecule has 0 fully saturated rings. The Kier molecular flexibility index (Phi) is 3.39. The van der Waals surface area contributed by atoms with E-state index in [1.165, 1.54) is 6.08 Å². The molecular weight excluding hydrogens is 84.1 g/mol. The Bertz CT molecular complexity index is 68.1. The van der Waals surface area contributed by atoms with E-state index in [9.17, 15) is 0 Å². The van der Waals surface area contributed by atoms with E-state index in [1.807, 2.05) is 13.0 Å². The van der Waals surface area contributed by atoms with Gasteiger partial charge in [0.2, 0.25) is 0 Å². The van der Waals surface area contributed by atoms with Crippen LogP contribution >= 0.6 is 0 Å². The first-order valence-corrected chi connectivity index (χ1v) is 2.32. The molecule has 0 aromatic rings. The van der Waals surface area contributed by atoms with Crippen molar-refractivity contribution in [3.63, 3.8) is 0 Å². The van der Waals surface area contributed by atoms with E-state index >= 15 is 0 Å². The second-order valence-electron chi connectivity index (χ2n) is 1.55. The Morgan fingerprint density at radius 1 is 1.71 bits per heavy atom. The first kappa shape index (κ1) is 6.48. The van der Waals surface area contributed by atoms with Gasteiger partial charge in [0.05, 0.1) is 0 Å². The highest BCUT2D eigenvalue weighted by atomic mass is 13.8. The van der Waals surface area contributed by atoms with Crippen LogP contribution in [0.2, 0.25) is 0 Å². The van der Waals surface area contributed by atoms with Gasteiger partial charge in [-0.2, -0.15) is 0 Å². The lowest BCUT2D eigenvalue weighted by atomic mass is 10.2. The molecule has 38 valence electrons. The summed E-state index contributed by atoms with van der Waals surface area (Å²) in [6, 6.07) is 0. The normalized spacial score (nSPS) is 10.7. The lowest BCUT2D eigenvalue weighted by molar-refractivity contribution is 0.936.